The van der Waals surface area contributed by atoms with Gasteiger partial charge in [0.2, 0.25) is 10.0 Å². The minimum Gasteiger partial charge on any atom is -0.494 e. The first-order valence-corrected chi connectivity index (χ1v) is 10.7. The number of anilines is 1. The van der Waals surface area contributed by atoms with Crippen molar-refractivity contribution in [2.45, 2.75) is 31.6 Å². The highest BCUT2D eigenvalue weighted by Gasteiger charge is 2.29. The zero-order chi connectivity index (χ0) is 19.3. The first-order chi connectivity index (χ1) is 13.0. The van der Waals surface area contributed by atoms with E-state index >= 15 is 0 Å². The maximum atomic E-state index is 12.9. The van der Waals surface area contributed by atoms with E-state index in [4.69, 9.17) is 4.74 Å². The van der Waals surface area contributed by atoms with Crippen molar-refractivity contribution in [3.05, 3.63) is 42.1 Å². The molecule has 8 heteroatoms. The molecule has 3 rings (SSSR count). The van der Waals surface area contributed by atoms with E-state index < -0.39 is 10.0 Å². The van der Waals surface area contributed by atoms with Crippen LogP contribution in [-0.2, 0) is 10.0 Å². The average molecular weight is 391 g/mol. The van der Waals surface area contributed by atoms with Crippen molar-refractivity contribution in [3.8, 4) is 5.75 Å². The maximum Gasteiger partial charge on any atom is 0.243 e. The van der Waals surface area contributed by atoms with Gasteiger partial charge in [0.15, 0.2) is 5.82 Å². The highest BCUT2D eigenvalue weighted by Crippen LogP contribution is 2.22. The first-order valence-electron chi connectivity index (χ1n) is 9.29. The second-order valence-corrected chi connectivity index (χ2v) is 8.54. The van der Waals surface area contributed by atoms with Crippen LogP contribution < -0.4 is 9.64 Å². The predicted molar refractivity (Wildman–Crippen MR) is 105 cm³/mol. The van der Waals surface area contributed by atoms with E-state index in [2.05, 4.69) is 22.0 Å². The molecule has 2 heterocycles. The molecule has 1 fully saturated rings. The number of benzene rings is 1. The summed E-state index contributed by atoms with van der Waals surface area (Å²) in [5.41, 5.74) is 0.863. The molecule has 0 bridgehead atoms. The number of rotatable bonds is 7. The molecule has 146 valence electrons. The molecular weight excluding hydrogens is 364 g/mol. The van der Waals surface area contributed by atoms with Crippen LogP contribution in [0.15, 0.2) is 41.3 Å². The van der Waals surface area contributed by atoms with Crippen LogP contribution in [0.3, 0.4) is 0 Å². The summed E-state index contributed by atoms with van der Waals surface area (Å²) in [5, 5.41) is 8.25. The highest BCUT2D eigenvalue weighted by molar-refractivity contribution is 7.89. The number of hydrogen-bond donors (Lipinski definition) is 0. The van der Waals surface area contributed by atoms with Gasteiger partial charge in [-0.15, -0.1) is 5.10 Å². The molecule has 0 N–H and O–H groups in total. The minimum atomic E-state index is -3.50. The van der Waals surface area contributed by atoms with Crippen LogP contribution >= 0.6 is 0 Å². The summed E-state index contributed by atoms with van der Waals surface area (Å²) >= 11 is 0. The van der Waals surface area contributed by atoms with Crippen LogP contribution in [0.2, 0.25) is 0 Å². The van der Waals surface area contributed by atoms with Gasteiger partial charge in [-0.2, -0.15) is 9.40 Å². The molecule has 0 saturated carbocycles. The van der Waals surface area contributed by atoms with Gasteiger partial charge in [-0.05, 0) is 49.7 Å². The van der Waals surface area contributed by atoms with Gasteiger partial charge in [-0.3, -0.25) is 0 Å². The summed E-state index contributed by atoms with van der Waals surface area (Å²) in [6.45, 7) is 6.67. The Hall–Kier alpha value is -2.19. The highest BCUT2D eigenvalue weighted by atomic mass is 32.2. The van der Waals surface area contributed by atoms with E-state index in [-0.39, 0.29) is 0 Å². The third-order valence-electron chi connectivity index (χ3n) is 4.57. The molecule has 0 amide bonds. The van der Waals surface area contributed by atoms with Crippen molar-refractivity contribution >= 4 is 15.8 Å². The molecule has 1 aromatic heterocycles. The molecule has 0 spiro atoms. The third-order valence-corrected chi connectivity index (χ3v) is 6.49. The number of aromatic nitrogens is 2. The van der Waals surface area contributed by atoms with Crippen molar-refractivity contribution in [1.29, 1.82) is 0 Å². The molecule has 0 radical (unpaired) electrons. The molecule has 7 nitrogen and oxygen atoms in total. The molecule has 1 aliphatic heterocycles. The lowest BCUT2D eigenvalue weighted by molar-refractivity contribution is 0.309. The van der Waals surface area contributed by atoms with Gasteiger partial charge < -0.3 is 9.64 Å². The molecule has 27 heavy (non-hydrogen) atoms. The Morgan fingerprint density at radius 2 is 1.70 bits per heavy atom. The molecule has 2 aromatic rings. The smallest absolute Gasteiger partial charge is 0.243 e. The number of piperazine rings is 1. The fourth-order valence-corrected chi connectivity index (χ4v) is 4.33. The zero-order valence-corrected chi connectivity index (χ0v) is 16.7. The van der Waals surface area contributed by atoms with Crippen LogP contribution in [0.25, 0.3) is 0 Å². The Balaban J connectivity index is 1.61. The number of ether oxygens (including phenoxy) is 1. The summed E-state index contributed by atoms with van der Waals surface area (Å²) in [7, 11) is -3.50. The van der Waals surface area contributed by atoms with E-state index in [1.165, 1.54) is 4.31 Å². The third kappa shape index (κ3) is 4.75. The largest absolute Gasteiger partial charge is 0.494 e. The Labute approximate surface area is 161 Å². The predicted octanol–water partition coefficient (Wildman–Crippen LogP) is 2.47. The Morgan fingerprint density at radius 3 is 2.30 bits per heavy atom. The van der Waals surface area contributed by atoms with Crippen LogP contribution in [0.5, 0.6) is 5.75 Å². The standard InChI is InChI=1S/C19H26N4O3S/c1-3-4-15-26-17-6-8-18(9-7-17)27(24,25)23-13-11-22(12-14-23)19-10-5-16(2)20-21-19/h5-10H,3-4,11-15H2,1-2H3. The van der Waals surface area contributed by atoms with Gasteiger partial charge >= 0.3 is 0 Å². The van der Waals surface area contributed by atoms with E-state index in [1.54, 1.807) is 24.3 Å². The molecular formula is C19H26N4O3S. The second kappa shape index (κ2) is 8.67. The SMILES string of the molecule is CCCCOc1ccc(S(=O)(=O)N2CCN(c3ccc(C)nn3)CC2)cc1. The van der Waals surface area contributed by atoms with Gasteiger partial charge in [0.05, 0.1) is 17.2 Å². The molecule has 0 atom stereocenters. The minimum absolute atomic E-state index is 0.300. The van der Waals surface area contributed by atoms with E-state index in [0.29, 0.717) is 43.4 Å². The number of nitrogens with zero attached hydrogens (tertiary/aromatic N) is 4. The van der Waals surface area contributed by atoms with Crippen molar-refractivity contribution in [2.75, 3.05) is 37.7 Å². The summed E-state index contributed by atoms with van der Waals surface area (Å²) < 4.78 is 32.9. The van der Waals surface area contributed by atoms with Gasteiger partial charge in [-0.25, -0.2) is 8.42 Å². The molecule has 0 unspecified atom stereocenters. The van der Waals surface area contributed by atoms with Crippen LogP contribution in [-0.4, -0.2) is 55.7 Å². The van der Waals surface area contributed by atoms with Crippen molar-refractivity contribution < 1.29 is 13.2 Å². The quantitative estimate of drug-likeness (QED) is 0.676. The Kier molecular flexibility index (Phi) is 6.28. The monoisotopic (exact) mass is 390 g/mol. The topological polar surface area (TPSA) is 75.6 Å². The normalized spacial score (nSPS) is 15.7. The number of sulfonamides is 1. The molecule has 1 saturated heterocycles. The van der Waals surface area contributed by atoms with Gasteiger partial charge in [0.25, 0.3) is 0 Å². The first kappa shape index (κ1) is 19.6. The maximum absolute atomic E-state index is 12.9. The number of unbranched alkanes of at least 4 members (excludes halogenated alkanes) is 1. The Morgan fingerprint density at radius 1 is 1.00 bits per heavy atom. The average Bonchev–Trinajstić information content (AvgIpc) is 2.69. The lowest BCUT2D eigenvalue weighted by Gasteiger charge is -2.34. The summed E-state index contributed by atoms with van der Waals surface area (Å²) in [6, 6.07) is 10.5. The summed E-state index contributed by atoms with van der Waals surface area (Å²) in [4.78, 5) is 2.36. The number of hydrogen-bond acceptors (Lipinski definition) is 6. The van der Waals surface area contributed by atoms with E-state index in [9.17, 15) is 8.42 Å². The molecule has 1 aromatic carbocycles. The number of aryl methyl sites for hydroxylation is 1. The van der Waals surface area contributed by atoms with Crippen molar-refractivity contribution in [2.24, 2.45) is 0 Å². The van der Waals surface area contributed by atoms with Crippen molar-refractivity contribution in [1.82, 2.24) is 14.5 Å². The lowest BCUT2D eigenvalue weighted by atomic mass is 10.3. The Bertz CT molecular complexity index is 830. The molecule has 1 aliphatic rings. The summed E-state index contributed by atoms with van der Waals surface area (Å²) in [6.07, 6.45) is 2.04. The fraction of sp³-hybridized carbons (Fsp3) is 0.474. The van der Waals surface area contributed by atoms with Crippen molar-refractivity contribution in [3.63, 3.8) is 0 Å². The zero-order valence-electron chi connectivity index (χ0n) is 15.8. The van der Waals surface area contributed by atoms with Gasteiger partial charge in [-0.1, -0.05) is 13.3 Å². The van der Waals surface area contributed by atoms with E-state index in [0.717, 1.165) is 24.4 Å². The summed E-state index contributed by atoms with van der Waals surface area (Å²) in [5.74, 6) is 1.48. The molecule has 0 aliphatic carbocycles. The fourth-order valence-electron chi connectivity index (χ4n) is 2.91. The van der Waals surface area contributed by atoms with Gasteiger partial charge in [0, 0.05) is 26.2 Å². The van der Waals surface area contributed by atoms with Gasteiger partial charge in [0.1, 0.15) is 5.75 Å². The van der Waals surface area contributed by atoms with Crippen LogP contribution in [0, 0.1) is 6.92 Å². The van der Waals surface area contributed by atoms with E-state index in [1.807, 2.05) is 19.1 Å². The lowest BCUT2D eigenvalue weighted by Crippen LogP contribution is -2.49. The van der Waals surface area contributed by atoms with Crippen LogP contribution in [0.4, 0.5) is 5.82 Å². The van der Waals surface area contributed by atoms with Crippen LogP contribution in [0.1, 0.15) is 25.5 Å². The second-order valence-electron chi connectivity index (χ2n) is 6.60.